The molecule has 0 unspecified atom stereocenters. The van der Waals surface area contributed by atoms with Crippen LogP contribution in [-0.4, -0.2) is 61.8 Å². The smallest absolute Gasteiger partial charge is 0.306 e. The van der Waals surface area contributed by atoms with Crippen LogP contribution >= 0.6 is 0 Å². The first-order valence-electron chi connectivity index (χ1n) is 16.6. The molecule has 0 amide bonds. The number of fused-ring (bicyclic) bond motifs is 1. The van der Waals surface area contributed by atoms with Gasteiger partial charge in [-0.25, -0.2) is 0 Å². The van der Waals surface area contributed by atoms with Crippen LogP contribution in [0.25, 0.3) is 0 Å². The molecule has 0 fully saturated rings. The van der Waals surface area contributed by atoms with E-state index in [4.69, 9.17) is 28.8 Å². The van der Waals surface area contributed by atoms with Crippen LogP contribution in [0.4, 0.5) is 5.69 Å². The van der Waals surface area contributed by atoms with Gasteiger partial charge in [-0.2, -0.15) is 0 Å². The third kappa shape index (κ3) is 9.58. The molecule has 0 N–H and O–H groups in total. The molecule has 3 heterocycles. The van der Waals surface area contributed by atoms with Gasteiger partial charge in [0.25, 0.3) is 0 Å². The normalized spacial score (nSPS) is 20.1. The van der Waals surface area contributed by atoms with Gasteiger partial charge in [-0.3, -0.25) is 9.78 Å². The lowest BCUT2D eigenvalue weighted by Gasteiger charge is -2.32. The molecule has 5 rings (SSSR count). The van der Waals surface area contributed by atoms with E-state index in [1.807, 2.05) is 80.6 Å². The summed E-state index contributed by atoms with van der Waals surface area (Å²) in [6, 6.07) is 19.6. The zero-order valence-corrected chi connectivity index (χ0v) is 28.2. The molecular weight excluding hydrogens is 594 g/mol. The Hall–Kier alpha value is -4.37. The Balaban J connectivity index is 1.12. The molecular formula is C38H47N3O6. The first kappa shape index (κ1) is 34.0. The summed E-state index contributed by atoms with van der Waals surface area (Å²) in [5.41, 5.74) is 6.42. The van der Waals surface area contributed by atoms with E-state index in [1.165, 1.54) is 16.9 Å². The average molecular weight is 642 g/mol. The highest BCUT2D eigenvalue weighted by molar-refractivity contribution is 5.85. The van der Waals surface area contributed by atoms with E-state index in [0.717, 1.165) is 55.1 Å². The zero-order chi connectivity index (χ0) is 33.2. The van der Waals surface area contributed by atoms with Crippen LogP contribution in [0.1, 0.15) is 68.1 Å². The van der Waals surface area contributed by atoms with E-state index in [2.05, 4.69) is 30.0 Å². The number of methoxy groups -OCH3 is 1. The van der Waals surface area contributed by atoms with Crippen molar-refractivity contribution in [1.29, 1.82) is 0 Å². The number of nitrogens with zero attached hydrogens (tertiary/aromatic N) is 3. The van der Waals surface area contributed by atoms with Crippen LogP contribution in [0.3, 0.4) is 0 Å². The van der Waals surface area contributed by atoms with Gasteiger partial charge in [0.1, 0.15) is 42.5 Å². The lowest BCUT2D eigenvalue weighted by atomic mass is 10.0. The quantitative estimate of drug-likeness (QED) is 0.0845. The molecule has 250 valence electrons. The van der Waals surface area contributed by atoms with Crippen LogP contribution in [0.2, 0.25) is 0 Å². The Bertz CT molecular complexity index is 1520. The summed E-state index contributed by atoms with van der Waals surface area (Å²) >= 11 is 0. The standard InChI is InChI=1S/C38H47N3O6/c1-26-23-34-33(39-29(26)4)13-9-10-22-41(34)24-28(3)47-40-27(2)14-21-38(42)44-25-37-36(45-32-17-15-31(43-5)16-18-32)20-19-35(46-37)30-11-7-6-8-12-30/h6-8,11-12,15-20,23,28,35-37H,9-10,13-14,21-22,24-25H2,1-5H3/b40-27+/t28-,35-,36-,37+/m0/s1. The number of aryl methyl sites for hydroxylation is 3. The fraction of sp³-hybridized carbons (Fsp3) is 0.447. The van der Waals surface area contributed by atoms with Gasteiger partial charge in [0.2, 0.25) is 0 Å². The van der Waals surface area contributed by atoms with Crippen LogP contribution < -0.4 is 14.4 Å². The molecule has 1 aromatic heterocycles. The molecule has 2 aromatic carbocycles. The van der Waals surface area contributed by atoms with Crippen molar-refractivity contribution in [2.75, 3.05) is 31.7 Å². The molecule has 2 aliphatic heterocycles. The maximum atomic E-state index is 12.8. The molecule has 0 spiro atoms. The molecule has 9 nitrogen and oxygen atoms in total. The first-order valence-corrected chi connectivity index (χ1v) is 16.6. The summed E-state index contributed by atoms with van der Waals surface area (Å²) in [4.78, 5) is 25.9. The van der Waals surface area contributed by atoms with E-state index in [1.54, 1.807) is 7.11 Å². The highest BCUT2D eigenvalue weighted by Gasteiger charge is 2.31. The van der Waals surface area contributed by atoms with Gasteiger partial charge in [-0.1, -0.05) is 41.6 Å². The number of esters is 1. The van der Waals surface area contributed by atoms with Crippen molar-refractivity contribution < 1.29 is 28.6 Å². The van der Waals surface area contributed by atoms with Crippen molar-refractivity contribution >= 4 is 17.4 Å². The average Bonchev–Trinajstić information content (AvgIpc) is 3.28. The summed E-state index contributed by atoms with van der Waals surface area (Å²) in [5, 5.41) is 4.34. The van der Waals surface area contributed by atoms with Crippen molar-refractivity contribution in [2.45, 2.75) is 84.2 Å². The molecule has 9 heteroatoms. The molecule has 47 heavy (non-hydrogen) atoms. The molecule has 0 saturated carbocycles. The maximum Gasteiger partial charge on any atom is 0.306 e. The number of oxime groups is 1. The Labute approximate surface area is 278 Å². The maximum absolute atomic E-state index is 12.8. The van der Waals surface area contributed by atoms with Gasteiger partial charge in [0, 0.05) is 12.2 Å². The van der Waals surface area contributed by atoms with Crippen molar-refractivity contribution in [3.05, 3.63) is 95.3 Å². The summed E-state index contributed by atoms with van der Waals surface area (Å²) in [6.45, 7) is 9.82. The number of benzene rings is 2. The third-order valence-corrected chi connectivity index (χ3v) is 8.54. The molecule has 0 radical (unpaired) electrons. The number of carbonyl (C=O) groups is 1. The number of rotatable bonds is 13. The summed E-state index contributed by atoms with van der Waals surface area (Å²) in [6.07, 6.45) is 6.51. The second-order valence-corrected chi connectivity index (χ2v) is 12.3. The number of hydrogen-bond donors (Lipinski definition) is 0. The minimum absolute atomic E-state index is 0.0578. The fourth-order valence-corrected chi connectivity index (χ4v) is 5.74. The Morgan fingerprint density at radius 3 is 2.57 bits per heavy atom. The number of aromatic nitrogens is 1. The molecule has 3 aromatic rings. The third-order valence-electron chi connectivity index (χ3n) is 8.54. The van der Waals surface area contributed by atoms with Gasteiger partial charge in [-0.15, -0.1) is 0 Å². The van der Waals surface area contributed by atoms with Gasteiger partial charge in [-0.05, 0) is 101 Å². The van der Waals surface area contributed by atoms with E-state index in [9.17, 15) is 4.79 Å². The van der Waals surface area contributed by atoms with Crippen LogP contribution in [0, 0.1) is 13.8 Å². The lowest BCUT2D eigenvalue weighted by Crippen LogP contribution is -2.40. The molecule has 0 bridgehead atoms. The van der Waals surface area contributed by atoms with E-state index in [0.29, 0.717) is 12.2 Å². The van der Waals surface area contributed by atoms with Crippen molar-refractivity contribution in [3.63, 3.8) is 0 Å². The predicted octanol–water partition coefficient (Wildman–Crippen LogP) is 7.10. The fourth-order valence-electron chi connectivity index (χ4n) is 5.74. The van der Waals surface area contributed by atoms with Crippen LogP contribution in [0.5, 0.6) is 11.5 Å². The number of hydrogen-bond acceptors (Lipinski definition) is 9. The Morgan fingerprint density at radius 1 is 1.04 bits per heavy atom. The highest BCUT2D eigenvalue weighted by Crippen LogP contribution is 2.30. The Kier molecular flexibility index (Phi) is 11.9. The van der Waals surface area contributed by atoms with Gasteiger partial charge in [0.15, 0.2) is 0 Å². The van der Waals surface area contributed by atoms with Crippen LogP contribution in [-0.2, 0) is 25.5 Å². The summed E-state index contributed by atoms with van der Waals surface area (Å²) in [7, 11) is 1.62. The first-order chi connectivity index (χ1) is 22.8. The largest absolute Gasteiger partial charge is 0.497 e. The second-order valence-electron chi connectivity index (χ2n) is 12.3. The highest BCUT2D eigenvalue weighted by atomic mass is 16.6. The van der Waals surface area contributed by atoms with Crippen LogP contribution in [0.15, 0.2) is 78.0 Å². The minimum atomic E-state index is -0.498. The molecule has 4 atom stereocenters. The van der Waals surface area contributed by atoms with E-state index < -0.39 is 12.2 Å². The van der Waals surface area contributed by atoms with Gasteiger partial charge < -0.3 is 28.7 Å². The predicted molar refractivity (Wildman–Crippen MR) is 183 cm³/mol. The van der Waals surface area contributed by atoms with Crippen molar-refractivity contribution in [3.8, 4) is 11.5 Å². The van der Waals surface area contributed by atoms with Crippen molar-refractivity contribution in [1.82, 2.24) is 4.98 Å². The Morgan fingerprint density at radius 2 is 1.81 bits per heavy atom. The monoisotopic (exact) mass is 641 g/mol. The molecule has 0 aliphatic carbocycles. The topological polar surface area (TPSA) is 91.7 Å². The minimum Gasteiger partial charge on any atom is -0.497 e. The number of ether oxygens (including phenoxy) is 4. The molecule has 0 saturated heterocycles. The molecule has 2 aliphatic rings. The van der Waals surface area contributed by atoms with E-state index >= 15 is 0 Å². The zero-order valence-electron chi connectivity index (χ0n) is 28.2. The van der Waals surface area contributed by atoms with Gasteiger partial charge >= 0.3 is 5.97 Å². The number of anilines is 1. The van der Waals surface area contributed by atoms with E-state index in [-0.39, 0.29) is 31.2 Å². The summed E-state index contributed by atoms with van der Waals surface area (Å²) in [5.74, 6) is 1.08. The lowest BCUT2D eigenvalue weighted by molar-refractivity contribution is -0.152. The van der Waals surface area contributed by atoms with Gasteiger partial charge in [0.05, 0.1) is 37.2 Å². The number of pyridine rings is 1. The summed E-state index contributed by atoms with van der Waals surface area (Å²) < 4.78 is 23.6. The SMILES string of the molecule is COc1ccc(O[C@H]2C=C[C@@H](c3ccccc3)O[C@@H]2COC(=O)CC/C(C)=N/O[C@@H](C)CN2CCCCc3nc(C)c(C)cc32)cc1. The second kappa shape index (κ2) is 16.5. The van der Waals surface area contributed by atoms with Crippen molar-refractivity contribution in [2.24, 2.45) is 5.16 Å². The number of carbonyl (C=O) groups excluding carboxylic acids is 1.